The number of benzene rings is 2. The van der Waals surface area contributed by atoms with Gasteiger partial charge in [0, 0.05) is 9.86 Å². The molecule has 0 fully saturated rings. The van der Waals surface area contributed by atoms with Gasteiger partial charge in [0.2, 0.25) is 0 Å². The van der Waals surface area contributed by atoms with Gasteiger partial charge in [-0.25, -0.2) is 4.39 Å². The molecule has 3 aromatic rings. The molecule has 1 heterocycles. The van der Waals surface area contributed by atoms with Crippen LogP contribution in [0.1, 0.15) is 5.76 Å². The Bertz CT molecular complexity index is 715. The minimum absolute atomic E-state index is 0.327. The molecule has 2 nitrogen and oxygen atoms in total. The van der Waals surface area contributed by atoms with Gasteiger partial charge in [-0.15, -0.1) is 0 Å². The average molecular weight is 355 g/mol. The van der Waals surface area contributed by atoms with Crippen LogP contribution in [0.2, 0.25) is 5.02 Å². The number of halogens is 3. The van der Waals surface area contributed by atoms with Crippen molar-refractivity contribution in [3.05, 3.63) is 63.5 Å². The summed E-state index contributed by atoms with van der Waals surface area (Å²) in [7, 11) is 0. The molecule has 2 aromatic carbocycles. The van der Waals surface area contributed by atoms with Gasteiger partial charge in [-0.1, -0.05) is 29.8 Å². The van der Waals surface area contributed by atoms with E-state index in [1.54, 1.807) is 0 Å². The van der Waals surface area contributed by atoms with E-state index in [4.69, 9.17) is 16.0 Å². The fourth-order valence-electron chi connectivity index (χ4n) is 2.01. The van der Waals surface area contributed by atoms with Crippen LogP contribution in [0.25, 0.3) is 11.0 Å². The third kappa shape index (κ3) is 2.67. The lowest BCUT2D eigenvalue weighted by molar-refractivity contribution is 0.559. The minimum atomic E-state index is -0.379. The second kappa shape index (κ2) is 5.46. The summed E-state index contributed by atoms with van der Waals surface area (Å²) in [5, 5.41) is 4.52. The lowest BCUT2D eigenvalue weighted by Crippen LogP contribution is -2.00. The molecule has 0 saturated carbocycles. The summed E-state index contributed by atoms with van der Waals surface area (Å²) in [6.07, 6.45) is 0. The summed E-state index contributed by atoms with van der Waals surface area (Å²) in [6.45, 7) is 0.471. The summed E-state index contributed by atoms with van der Waals surface area (Å²) in [4.78, 5) is 0. The van der Waals surface area contributed by atoms with E-state index in [0.29, 0.717) is 21.7 Å². The second-order valence-electron chi connectivity index (χ2n) is 4.35. The van der Waals surface area contributed by atoms with E-state index in [1.807, 2.05) is 30.3 Å². The molecule has 3 rings (SSSR count). The first-order valence-corrected chi connectivity index (χ1v) is 7.16. The lowest BCUT2D eigenvalue weighted by Gasteiger charge is -2.09. The van der Waals surface area contributed by atoms with Gasteiger partial charge in [0.1, 0.15) is 17.2 Å². The van der Waals surface area contributed by atoms with Gasteiger partial charge in [-0.3, -0.25) is 0 Å². The highest BCUT2D eigenvalue weighted by atomic mass is 79.9. The normalized spacial score (nSPS) is 10.9. The molecule has 0 atom stereocenters. The van der Waals surface area contributed by atoms with Gasteiger partial charge in [0.15, 0.2) is 0 Å². The Labute approximate surface area is 128 Å². The standard InChI is InChI=1S/C15H10BrClFNO/c16-12-6-10(18)7-13(17)15(12)19-8-11-5-9-3-1-2-4-14(9)20-11/h1-7,19H,8H2. The fraction of sp³-hybridized carbons (Fsp3) is 0.0667. The molecular formula is C15H10BrClFNO. The van der Waals surface area contributed by atoms with Crippen LogP contribution in [-0.4, -0.2) is 0 Å². The third-order valence-electron chi connectivity index (χ3n) is 2.92. The van der Waals surface area contributed by atoms with Crippen LogP contribution in [0.3, 0.4) is 0 Å². The maximum absolute atomic E-state index is 13.2. The van der Waals surface area contributed by atoms with Crippen molar-refractivity contribution in [2.24, 2.45) is 0 Å². The average Bonchev–Trinajstić information content (AvgIpc) is 2.80. The smallest absolute Gasteiger partial charge is 0.134 e. The SMILES string of the molecule is Fc1cc(Cl)c(NCc2cc3ccccc3o2)c(Br)c1. The highest BCUT2D eigenvalue weighted by Crippen LogP contribution is 2.32. The van der Waals surface area contributed by atoms with Crippen molar-refractivity contribution in [1.29, 1.82) is 0 Å². The van der Waals surface area contributed by atoms with Crippen molar-refractivity contribution >= 4 is 44.2 Å². The van der Waals surface area contributed by atoms with Crippen molar-refractivity contribution in [3.63, 3.8) is 0 Å². The molecule has 0 saturated heterocycles. The van der Waals surface area contributed by atoms with Crippen LogP contribution in [0.15, 0.2) is 51.4 Å². The first kappa shape index (κ1) is 13.5. The molecule has 0 bridgehead atoms. The first-order chi connectivity index (χ1) is 9.63. The van der Waals surface area contributed by atoms with Gasteiger partial charge < -0.3 is 9.73 Å². The predicted molar refractivity (Wildman–Crippen MR) is 82.7 cm³/mol. The highest BCUT2D eigenvalue weighted by molar-refractivity contribution is 9.10. The van der Waals surface area contributed by atoms with Gasteiger partial charge in [-0.2, -0.15) is 0 Å². The minimum Gasteiger partial charge on any atom is -0.459 e. The summed E-state index contributed by atoms with van der Waals surface area (Å²) < 4.78 is 19.4. The molecule has 0 aliphatic heterocycles. The molecule has 0 radical (unpaired) electrons. The lowest BCUT2D eigenvalue weighted by atomic mass is 10.2. The number of fused-ring (bicyclic) bond motifs is 1. The molecule has 0 aliphatic rings. The first-order valence-electron chi connectivity index (χ1n) is 5.99. The number of hydrogen-bond acceptors (Lipinski definition) is 2. The Balaban J connectivity index is 1.83. The maximum atomic E-state index is 13.2. The summed E-state index contributed by atoms with van der Waals surface area (Å²) >= 11 is 9.31. The second-order valence-corrected chi connectivity index (χ2v) is 5.61. The number of hydrogen-bond donors (Lipinski definition) is 1. The van der Waals surface area contributed by atoms with E-state index in [-0.39, 0.29) is 5.82 Å². The van der Waals surface area contributed by atoms with Gasteiger partial charge in [-0.05, 0) is 40.2 Å². The Morgan fingerprint density at radius 2 is 2.00 bits per heavy atom. The van der Waals surface area contributed by atoms with Crippen LogP contribution in [0, 0.1) is 5.82 Å². The molecule has 102 valence electrons. The monoisotopic (exact) mass is 353 g/mol. The molecule has 5 heteroatoms. The van der Waals surface area contributed by atoms with E-state index in [0.717, 1.165) is 16.7 Å². The summed E-state index contributed by atoms with van der Waals surface area (Å²) in [5.41, 5.74) is 1.49. The van der Waals surface area contributed by atoms with Crippen molar-refractivity contribution in [1.82, 2.24) is 0 Å². The van der Waals surface area contributed by atoms with Crippen molar-refractivity contribution in [2.45, 2.75) is 6.54 Å². The molecule has 0 spiro atoms. The maximum Gasteiger partial charge on any atom is 0.134 e. The van der Waals surface area contributed by atoms with Crippen LogP contribution >= 0.6 is 27.5 Å². The Morgan fingerprint density at radius 3 is 2.75 bits per heavy atom. The molecule has 20 heavy (non-hydrogen) atoms. The predicted octanol–water partition coefficient (Wildman–Crippen LogP) is 5.60. The molecule has 0 aliphatic carbocycles. The van der Waals surface area contributed by atoms with Crippen LogP contribution < -0.4 is 5.32 Å². The topological polar surface area (TPSA) is 25.2 Å². The summed E-state index contributed by atoms with van der Waals surface area (Å²) in [5.74, 6) is 0.412. The Kier molecular flexibility index (Phi) is 3.68. The number of rotatable bonds is 3. The van der Waals surface area contributed by atoms with Crippen molar-refractivity contribution in [3.8, 4) is 0 Å². The zero-order valence-electron chi connectivity index (χ0n) is 10.3. The highest BCUT2D eigenvalue weighted by Gasteiger charge is 2.09. The van der Waals surface area contributed by atoms with Gasteiger partial charge in [0.25, 0.3) is 0 Å². The fourth-order valence-corrected chi connectivity index (χ4v) is 2.97. The number of furan rings is 1. The molecule has 1 N–H and O–H groups in total. The molecule has 0 unspecified atom stereocenters. The quantitative estimate of drug-likeness (QED) is 0.662. The zero-order valence-corrected chi connectivity index (χ0v) is 12.6. The van der Waals surface area contributed by atoms with Gasteiger partial charge >= 0.3 is 0 Å². The van der Waals surface area contributed by atoms with Gasteiger partial charge in [0.05, 0.1) is 17.3 Å². The van der Waals surface area contributed by atoms with E-state index >= 15 is 0 Å². The van der Waals surface area contributed by atoms with Crippen LogP contribution in [-0.2, 0) is 6.54 Å². The number of anilines is 1. The van der Waals surface area contributed by atoms with E-state index in [9.17, 15) is 4.39 Å². The number of nitrogens with one attached hydrogen (secondary N) is 1. The molecular weight excluding hydrogens is 345 g/mol. The summed E-state index contributed by atoms with van der Waals surface area (Å²) in [6, 6.07) is 12.4. The third-order valence-corrected chi connectivity index (χ3v) is 3.85. The van der Waals surface area contributed by atoms with E-state index < -0.39 is 0 Å². The zero-order chi connectivity index (χ0) is 14.1. The largest absolute Gasteiger partial charge is 0.459 e. The van der Waals surface area contributed by atoms with E-state index in [1.165, 1.54) is 12.1 Å². The Hall–Kier alpha value is -1.52. The molecule has 1 aromatic heterocycles. The van der Waals surface area contributed by atoms with E-state index in [2.05, 4.69) is 21.2 Å². The van der Waals surface area contributed by atoms with Crippen LogP contribution in [0.5, 0.6) is 0 Å². The van der Waals surface area contributed by atoms with Crippen LogP contribution in [0.4, 0.5) is 10.1 Å². The number of para-hydroxylation sites is 1. The molecule has 0 amide bonds. The Morgan fingerprint density at radius 1 is 1.20 bits per heavy atom. The van der Waals surface area contributed by atoms with Crippen molar-refractivity contribution < 1.29 is 8.81 Å². The van der Waals surface area contributed by atoms with Crippen molar-refractivity contribution in [2.75, 3.05) is 5.32 Å².